The minimum Gasteiger partial charge on any atom is -0.490 e. The number of carbonyl (C=O) groups excluding carboxylic acids is 1. The van der Waals surface area contributed by atoms with Crippen molar-refractivity contribution in [2.24, 2.45) is 7.05 Å². The molecule has 7 heteroatoms. The van der Waals surface area contributed by atoms with Crippen LogP contribution < -0.4 is 4.74 Å². The first-order valence-electron chi connectivity index (χ1n) is 8.23. The number of rotatable bonds is 4. The number of aromatic nitrogens is 2. The fourth-order valence-electron chi connectivity index (χ4n) is 2.79. The number of β-amino-alcohol motifs (C(OH)–C–C–N with tert-alkyl or cyclic N) is 1. The van der Waals surface area contributed by atoms with Gasteiger partial charge in [-0.1, -0.05) is 18.2 Å². The Balaban J connectivity index is 1.70. The molecule has 0 aliphatic carbocycles. The first kappa shape index (κ1) is 17.4. The zero-order valence-electron chi connectivity index (χ0n) is 14.5. The Morgan fingerprint density at radius 3 is 2.96 bits per heavy atom. The highest BCUT2D eigenvalue weighted by atomic mass is 16.5. The van der Waals surface area contributed by atoms with Crippen LogP contribution in [0.1, 0.15) is 16.1 Å². The Kier molecular flexibility index (Phi) is 5.06. The minimum atomic E-state index is -1.27. The van der Waals surface area contributed by atoms with Gasteiger partial charge in [0.1, 0.15) is 23.7 Å². The van der Waals surface area contributed by atoms with Gasteiger partial charge in [-0.25, -0.2) is 4.98 Å². The molecule has 134 valence electrons. The number of aryl methyl sites for hydroxylation is 2. The van der Waals surface area contributed by atoms with Crippen LogP contribution in [0.4, 0.5) is 0 Å². The van der Waals surface area contributed by atoms with Crippen molar-refractivity contribution in [1.82, 2.24) is 14.5 Å². The molecular weight excluding hydrogens is 322 g/mol. The third-order valence-electron chi connectivity index (χ3n) is 4.16. The van der Waals surface area contributed by atoms with Gasteiger partial charge in [0.05, 0.1) is 26.1 Å². The maximum Gasteiger partial charge on any atom is 0.274 e. The van der Waals surface area contributed by atoms with E-state index in [2.05, 4.69) is 4.98 Å². The van der Waals surface area contributed by atoms with E-state index in [1.165, 1.54) is 0 Å². The number of hydrogen-bond donors (Lipinski definition) is 1. The van der Waals surface area contributed by atoms with E-state index < -0.39 is 5.60 Å². The van der Waals surface area contributed by atoms with E-state index in [1.54, 1.807) is 22.0 Å². The fraction of sp³-hybridized carbons (Fsp3) is 0.444. The molecule has 1 saturated heterocycles. The maximum absolute atomic E-state index is 12.6. The molecule has 2 heterocycles. The molecule has 1 aromatic carbocycles. The highest BCUT2D eigenvalue weighted by Gasteiger charge is 2.36. The normalized spacial score (nSPS) is 21.0. The third kappa shape index (κ3) is 4.18. The largest absolute Gasteiger partial charge is 0.490 e. The highest BCUT2D eigenvalue weighted by Crippen LogP contribution is 2.20. The number of para-hydroxylation sites is 1. The molecule has 0 spiro atoms. The summed E-state index contributed by atoms with van der Waals surface area (Å²) in [4.78, 5) is 18.3. The molecule has 7 nitrogen and oxygen atoms in total. The molecule has 1 atom stereocenters. The molecule has 1 aromatic heterocycles. The van der Waals surface area contributed by atoms with Crippen LogP contribution in [0.25, 0.3) is 0 Å². The Bertz CT molecular complexity index is 745. The van der Waals surface area contributed by atoms with Crippen LogP contribution in [0.2, 0.25) is 0 Å². The summed E-state index contributed by atoms with van der Waals surface area (Å²) in [5.74, 6) is 0.489. The van der Waals surface area contributed by atoms with Crippen molar-refractivity contribution in [3.8, 4) is 5.75 Å². The maximum atomic E-state index is 12.6. The third-order valence-corrected chi connectivity index (χ3v) is 4.16. The minimum absolute atomic E-state index is 0.0455. The van der Waals surface area contributed by atoms with Gasteiger partial charge in [-0.2, -0.15) is 0 Å². The van der Waals surface area contributed by atoms with E-state index in [0.717, 1.165) is 5.56 Å². The predicted molar refractivity (Wildman–Crippen MR) is 91.6 cm³/mol. The quantitative estimate of drug-likeness (QED) is 0.895. The molecular formula is C18H23N3O4. The van der Waals surface area contributed by atoms with Crippen molar-refractivity contribution in [2.45, 2.75) is 12.5 Å². The van der Waals surface area contributed by atoms with Gasteiger partial charge < -0.3 is 24.0 Å². The number of imidazole rings is 1. The number of carbonyl (C=O) groups is 1. The van der Waals surface area contributed by atoms with E-state index in [4.69, 9.17) is 9.47 Å². The van der Waals surface area contributed by atoms with E-state index in [0.29, 0.717) is 24.6 Å². The Hall–Kier alpha value is -2.38. The summed E-state index contributed by atoms with van der Waals surface area (Å²) in [6.07, 6.45) is 3.24. The molecule has 0 radical (unpaired) electrons. The molecule has 1 N–H and O–H groups in total. The van der Waals surface area contributed by atoms with Crippen molar-refractivity contribution >= 4 is 5.91 Å². The van der Waals surface area contributed by atoms with E-state index in [9.17, 15) is 9.90 Å². The summed E-state index contributed by atoms with van der Waals surface area (Å²) in [6.45, 7) is 3.01. The summed E-state index contributed by atoms with van der Waals surface area (Å²) in [6, 6.07) is 7.61. The number of benzene rings is 1. The van der Waals surface area contributed by atoms with Gasteiger partial charge in [0.15, 0.2) is 0 Å². The lowest BCUT2D eigenvalue weighted by Crippen LogP contribution is -2.50. The van der Waals surface area contributed by atoms with Gasteiger partial charge in [-0.05, 0) is 18.6 Å². The molecule has 1 fully saturated rings. The lowest BCUT2D eigenvalue weighted by molar-refractivity contribution is -0.0622. The Morgan fingerprint density at radius 2 is 2.24 bits per heavy atom. The van der Waals surface area contributed by atoms with Gasteiger partial charge in [-0.3, -0.25) is 4.79 Å². The second-order valence-corrected chi connectivity index (χ2v) is 6.48. The van der Waals surface area contributed by atoms with Crippen LogP contribution in [0.15, 0.2) is 36.8 Å². The number of ether oxygens (including phenoxy) is 2. The summed E-state index contributed by atoms with van der Waals surface area (Å²) >= 11 is 0. The zero-order chi connectivity index (χ0) is 17.9. The molecule has 25 heavy (non-hydrogen) atoms. The average molecular weight is 345 g/mol. The predicted octanol–water partition coefficient (Wildman–Crippen LogP) is 1.01. The molecule has 3 rings (SSSR count). The molecule has 2 aromatic rings. The van der Waals surface area contributed by atoms with Crippen molar-refractivity contribution in [2.75, 3.05) is 32.9 Å². The summed E-state index contributed by atoms with van der Waals surface area (Å²) in [7, 11) is 1.81. The second kappa shape index (κ2) is 7.25. The van der Waals surface area contributed by atoms with Crippen molar-refractivity contribution < 1.29 is 19.4 Å². The van der Waals surface area contributed by atoms with Crippen LogP contribution in [-0.2, 0) is 11.8 Å². The number of nitrogens with zero attached hydrogens (tertiary/aromatic N) is 3. The first-order chi connectivity index (χ1) is 12.0. The molecule has 1 amide bonds. The average Bonchev–Trinajstić information content (AvgIpc) is 2.93. The van der Waals surface area contributed by atoms with Crippen LogP contribution >= 0.6 is 0 Å². The summed E-state index contributed by atoms with van der Waals surface area (Å²) in [5.41, 5.74) is 0.0667. The van der Waals surface area contributed by atoms with E-state index in [-0.39, 0.29) is 25.7 Å². The summed E-state index contributed by atoms with van der Waals surface area (Å²) < 4.78 is 13.0. The van der Waals surface area contributed by atoms with Crippen molar-refractivity contribution in [3.63, 3.8) is 0 Å². The van der Waals surface area contributed by atoms with Crippen LogP contribution in [0.3, 0.4) is 0 Å². The van der Waals surface area contributed by atoms with Crippen molar-refractivity contribution in [3.05, 3.63) is 48.0 Å². The van der Waals surface area contributed by atoms with Crippen LogP contribution in [0.5, 0.6) is 5.75 Å². The number of hydrogen-bond acceptors (Lipinski definition) is 5. The Labute approximate surface area is 146 Å². The zero-order valence-corrected chi connectivity index (χ0v) is 14.5. The second-order valence-electron chi connectivity index (χ2n) is 6.48. The number of aliphatic hydroxyl groups is 1. The van der Waals surface area contributed by atoms with Gasteiger partial charge in [0.25, 0.3) is 5.91 Å². The van der Waals surface area contributed by atoms with Crippen molar-refractivity contribution in [1.29, 1.82) is 0 Å². The molecule has 1 aliphatic rings. The molecule has 1 aliphatic heterocycles. The fourth-order valence-corrected chi connectivity index (χ4v) is 2.79. The van der Waals surface area contributed by atoms with Crippen LogP contribution in [-0.4, -0.2) is 64.0 Å². The van der Waals surface area contributed by atoms with Gasteiger partial charge in [0.2, 0.25) is 0 Å². The lowest BCUT2D eigenvalue weighted by atomic mass is 10.1. The molecule has 1 unspecified atom stereocenters. The standard InChI is InChI=1S/C18H23N3O4/c1-14-5-3-4-6-16(14)25-12-18(23)10-21(7-8-24-11-18)17(22)15-9-20(2)13-19-15/h3-6,9,13,23H,7-8,10-12H2,1-2H3. The lowest BCUT2D eigenvalue weighted by Gasteiger charge is -2.30. The highest BCUT2D eigenvalue weighted by molar-refractivity contribution is 5.92. The van der Waals surface area contributed by atoms with Crippen LogP contribution in [0, 0.1) is 6.92 Å². The Morgan fingerprint density at radius 1 is 1.44 bits per heavy atom. The molecule has 0 saturated carbocycles. The summed E-state index contributed by atoms with van der Waals surface area (Å²) in [5, 5.41) is 10.9. The van der Waals surface area contributed by atoms with E-state index >= 15 is 0 Å². The van der Waals surface area contributed by atoms with Gasteiger partial charge >= 0.3 is 0 Å². The smallest absolute Gasteiger partial charge is 0.274 e. The monoisotopic (exact) mass is 345 g/mol. The van der Waals surface area contributed by atoms with Gasteiger partial charge in [-0.15, -0.1) is 0 Å². The topological polar surface area (TPSA) is 76.8 Å². The first-order valence-corrected chi connectivity index (χ1v) is 8.23. The van der Waals surface area contributed by atoms with E-state index in [1.807, 2.05) is 38.2 Å². The number of amides is 1. The molecule has 0 bridgehead atoms. The SMILES string of the molecule is Cc1ccccc1OCC1(O)COCCN(C(=O)c2cn(C)cn2)C1. The van der Waals surface area contributed by atoms with Gasteiger partial charge in [0, 0.05) is 19.8 Å².